The second kappa shape index (κ2) is 8.22. The highest BCUT2D eigenvalue weighted by Gasteiger charge is 2.82. The standard InChI is InChI=1S/C26H28F4N6O/c1-34-8-10-35(11-9-34)20-5-2-18(3-6-20)23-13-24(14-23,15-23)26(29,30)25(37,16-36-17-31-32-33-36)21-7-4-19(27)12-22(21)28/h2-7,12,17,37H,8-11,13-16H2,1H3/t23?,24?,25-/m0/s1. The van der Waals surface area contributed by atoms with E-state index < -0.39 is 40.7 Å². The Balaban J connectivity index is 1.25. The van der Waals surface area contributed by atoms with E-state index in [9.17, 15) is 13.9 Å². The SMILES string of the molecule is CN1CCN(c2ccc(C34CC(C(F)(F)[C@](O)(Cn5cnnn5)c5ccc(F)cc5F)(C3)C4)cc2)CC1. The predicted octanol–water partition coefficient (Wildman–Crippen LogP) is 3.35. The van der Waals surface area contributed by atoms with Gasteiger partial charge in [-0.05, 0) is 72.0 Å². The molecule has 0 unspecified atom stereocenters. The zero-order chi connectivity index (χ0) is 26.1. The van der Waals surface area contributed by atoms with E-state index in [0.717, 1.165) is 60.6 Å². The van der Waals surface area contributed by atoms with Gasteiger partial charge >= 0.3 is 0 Å². The molecule has 7 nitrogen and oxygen atoms in total. The van der Waals surface area contributed by atoms with E-state index in [0.29, 0.717) is 6.07 Å². The summed E-state index contributed by atoms with van der Waals surface area (Å²) < 4.78 is 61.9. The minimum Gasteiger partial charge on any atom is -0.377 e. The van der Waals surface area contributed by atoms with Crippen LogP contribution in [0.4, 0.5) is 23.2 Å². The molecule has 1 N–H and O–H groups in total. The number of hydrogen-bond donors (Lipinski definition) is 1. The van der Waals surface area contributed by atoms with Gasteiger partial charge in [0.15, 0.2) is 5.60 Å². The van der Waals surface area contributed by atoms with Gasteiger partial charge in [0.2, 0.25) is 0 Å². The quantitative estimate of drug-likeness (QED) is 0.486. The summed E-state index contributed by atoms with van der Waals surface area (Å²) >= 11 is 0. The highest BCUT2D eigenvalue weighted by Crippen LogP contribution is 2.80. The fourth-order valence-electron chi connectivity index (χ4n) is 6.62. The molecule has 3 aromatic rings. The third-order valence-electron chi connectivity index (χ3n) is 8.72. The first-order valence-corrected chi connectivity index (χ1v) is 12.4. The van der Waals surface area contributed by atoms with E-state index in [-0.39, 0.29) is 24.7 Å². The number of aromatic nitrogens is 4. The average molecular weight is 517 g/mol. The van der Waals surface area contributed by atoms with E-state index in [4.69, 9.17) is 0 Å². The molecule has 2 heterocycles. The van der Waals surface area contributed by atoms with Crippen LogP contribution < -0.4 is 4.90 Å². The summed E-state index contributed by atoms with van der Waals surface area (Å²) in [6.07, 6.45) is 1.58. The van der Waals surface area contributed by atoms with Crippen molar-refractivity contribution in [2.45, 2.75) is 42.7 Å². The molecule has 3 saturated carbocycles. The lowest BCUT2D eigenvalue weighted by atomic mass is 9.30. The first-order chi connectivity index (χ1) is 17.6. The predicted molar refractivity (Wildman–Crippen MR) is 127 cm³/mol. The molecule has 4 aliphatic rings. The van der Waals surface area contributed by atoms with Crippen molar-refractivity contribution in [1.29, 1.82) is 0 Å². The number of nitrogens with zero attached hydrogens (tertiary/aromatic N) is 6. The maximum atomic E-state index is 16.3. The van der Waals surface area contributed by atoms with Crippen LogP contribution in [0.2, 0.25) is 0 Å². The van der Waals surface area contributed by atoms with Gasteiger partial charge in [0.05, 0.1) is 6.54 Å². The van der Waals surface area contributed by atoms with Crippen molar-refractivity contribution in [3.05, 3.63) is 71.6 Å². The number of tetrazole rings is 1. The third-order valence-corrected chi connectivity index (χ3v) is 8.72. The summed E-state index contributed by atoms with van der Waals surface area (Å²) in [5, 5.41) is 22.0. The van der Waals surface area contributed by atoms with Crippen LogP contribution >= 0.6 is 0 Å². The molecule has 196 valence electrons. The lowest BCUT2D eigenvalue weighted by Crippen LogP contribution is -2.76. The Hall–Kier alpha value is -3.05. The average Bonchev–Trinajstić information content (AvgIpc) is 3.31. The fraction of sp³-hybridized carbons (Fsp3) is 0.500. The molecule has 2 aromatic carbocycles. The second-order valence-corrected chi connectivity index (χ2v) is 11.0. The zero-order valence-electron chi connectivity index (χ0n) is 20.4. The van der Waals surface area contributed by atoms with E-state index in [1.54, 1.807) is 0 Å². The molecule has 7 rings (SSSR count). The Kier molecular flexibility index (Phi) is 5.40. The molecule has 1 aliphatic heterocycles. The topological polar surface area (TPSA) is 70.3 Å². The molecule has 0 amide bonds. The van der Waals surface area contributed by atoms with E-state index >= 15 is 8.78 Å². The number of likely N-dealkylation sites (N-methyl/N-ethyl adjacent to an activating group) is 1. The van der Waals surface area contributed by atoms with Crippen molar-refractivity contribution < 1.29 is 22.7 Å². The summed E-state index contributed by atoms with van der Waals surface area (Å²) in [6, 6.07) is 10.4. The molecule has 2 bridgehead atoms. The normalized spacial score (nSPS) is 27.4. The van der Waals surface area contributed by atoms with Gasteiger partial charge in [-0.2, -0.15) is 0 Å². The highest BCUT2D eigenvalue weighted by molar-refractivity contribution is 5.52. The van der Waals surface area contributed by atoms with Gasteiger partial charge in [0.25, 0.3) is 5.92 Å². The van der Waals surface area contributed by atoms with E-state index in [2.05, 4.69) is 32.4 Å². The largest absolute Gasteiger partial charge is 0.377 e. The number of anilines is 1. The summed E-state index contributed by atoms with van der Waals surface area (Å²) in [7, 11) is 2.10. The summed E-state index contributed by atoms with van der Waals surface area (Å²) in [5.74, 6) is -5.89. The van der Waals surface area contributed by atoms with Crippen molar-refractivity contribution in [3.63, 3.8) is 0 Å². The van der Waals surface area contributed by atoms with Gasteiger partial charge in [-0.3, -0.25) is 0 Å². The number of alkyl halides is 2. The van der Waals surface area contributed by atoms with Gasteiger partial charge in [0.1, 0.15) is 18.0 Å². The van der Waals surface area contributed by atoms with Crippen molar-refractivity contribution in [2.24, 2.45) is 5.41 Å². The summed E-state index contributed by atoms with van der Waals surface area (Å²) in [4.78, 5) is 4.60. The molecule has 1 saturated heterocycles. The number of hydrogen-bond acceptors (Lipinski definition) is 6. The summed E-state index contributed by atoms with van der Waals surface area (Å²) in [6.45, 7) is 3.09. The first-order valence-electron chi connectivity index (χ1n) is 12.4. The number of benzene rings is 2. The highest BCUT2D eigenvalue weighted by atomic mass is 19.3. The van der Waals surface area contributed by atoms with Crippen LogP contribution in [-0.2, 0) is 17.6 Å². The monoisotopic (exact) mass is 516 g/mol. The number of rotatable bonds is 7. The summed E-state index contributed by atoms with van der Waals surface area (Å²) in [5.41, 5.74) is -3.43. The van der Waals surface area contributed by atoms with Gasteiger partial charge in [-0.1, -0.05) is 12.1 Å². The Bertz CT molecular complexity index is 1270. The van der Waals surface area contributed by atoms with Crippen molar-refractivity contribution in [2.75, 3.05) is 38.1 Å². The maximum absolute atomic E-state index is 16.3. The molecule has 3 aliphatic carbocycles. The van der Waals surface area contributed by atoms with Crippen LogP contribution in [0.1, 0.15) is 30.4 Å². The molecular formula is C26H28F4N6O. The fourth-order valence-corrected chi connectivity index (χ4v) is 6.62. The lowest BCUT2D eigenvalue weighted by Gasteiger charge is -2.74. The van der Waals surface area contributed by atoms with Crippen LogP contribution in [0.15, 0.2) is 48.8 Å². The zero-order valence-corrected chi connectivity index (χ0v) is 20.4. The molecule has 1 aromatic heterocycles. The van der Waals surface area contributed by atoms with Gasteiger partial charge in [0, 0.05) is 48.9 Å². The Morgan fingerprint density at radius 3 is 2.24 bits per heavy atom. The van der Waals surface area contributed by atoms with Crippen LogP contribution in [0.3, 0.4) is 0 Å². The van der Waals surface area contributed by atoms with Crippen LogP contribution in [0.25, 0.3) is 0 Å². The van der Waals surface area contributed by atoms with Crippen LogP contribution in [0, 0.1) is 17.0 Å². The third kappa shape index (κ3) is 3.58. The van der Waals surface area contributed by atoms with Gasteiger partial charge in [-0.15, -0.1) is 5.10 Å². The van der Waals surface area contributed by atoms with Gasteiger partial charge in [-0.25, -0.2) is 22.2 Å². The number of piperazine rings is 1. The van der Waals surface area contributed by atoms with Crippen molar-refractivity contribution in [1.82, 2.24) is 25.1 Å². The van der Waals surface area contributed by atoms with Gasteiger partial charge < -0.3 is 14.9 Å². The molecular weight excluding hydrogens is 488 g/mol. The Morgan fingerprint density at radius 2 is 1.65 bits per heavy atom. The molecule has 1 atom stereocenters. The molecule has 0 spiro atoms. The van der Waals surface area contributed by atoms with Crippen molar-refractivity contribution >= 4 is 5.69 Å². The van der Waals surface area contributed by atoms with Crippen LogP contribution in [-0.4, -0.2) is 69.4 Å². The van der Waals surface area contributed by atoms with Crippen LogP contribution in [0.5, 0.6) is 0 Å². The molecule has 11 heteroatoms. The second-order valence-electron chi connectivity index (χ2n) is 11.0. The van der Waals surface area contributed by atoms with E-state index in [1.165, 1.54) is 0 Å². The first kappa shape index (κ1) is 24.3. The number of halogens is 4. The Morgan fingerprint density at radius 1 is 0.973 bits per heavy atom. The molecule has 37 heavy (non-hydrogen) atoms. The maximum Gasteiger partial charge on any atom is 0.287 e. The van der Waals surface area contributed by atoms with E-state index in [1.807, 2.05) is 24.3 Å². The molecule has 4 fully saturated rings. The smallest absolute Gasteiger partial charge is 0.287 e. The number of aliphatic hydroxyl groups is 1. The minimum absolute atomic E-state index is 0.168. The Labute approximate surface area is 211 Å². The molecule has 0 radical (unpaired) electrons. The van der Waals surface area contributed by atoms with Crippen molar-refractivity contribution in [3.8, 4) is 0 Å². The minimum atomic E-state index is -3.73. The lowest BCUT2D eigenvalue weighted by molar-refractivity contribution is -0.347.